The van der Waals surface area contributed by atoms with E-state index in [0.29, 0.717) is 17.9 Å². The van der Waals surface area contributed by atoms with Crippen molar-refractivity contribution in [2.45, 2.75) is 24.6 Å². The SMILES string of the molecule is CCCN(CC(=O)Nc1ccccc1OC)S(=O)(=O)c1ccc(OC(F)(F)F)cc1. The number of hydrogen-bond donors (Lipinski definition) is 1. The molecule has 2 rings (SSSR count). The van der Waals surface area contributed by atoms with Crippen LogP contribution < -0.4 is 14.8 Å². The second-order valence-corrected chi connectivity index (χ2v) is 8.04. The van der Waals surface area contributed by atoms with Crippen molar-refractivity contribution in [2.24, 2.45) is 0 Å². The van der Waals surface area contributed by atoms with Crippen molar-refractivity contribution < 1.29 is 35.9 Å². The zero-order valence-corrected chi connectivity index (χ0v) is 17.1. The van der Waals surface area contributed by atoms with Gasteiger partial charge in [0.1, 0.15) is 11.5 Å². The molecule has 1 N–H and O–H groups in total. The van der Waals surface area contributed by atoms with Gasteiger partial charge in [0, 0.05) is 6.54 Å². The third-order valence-corrected chi connectivity index (χ3v) is 5.73. The first-order valence-corrected chi connectivity index (χ1v) is 10.3. The number of rotatable bonds is 9. The molecule has 11 heteroatoms. The molecule has 0 saturated carbocycles. The van der Waals surface area contributed by atoms with Crippen LogP contribution >= 0.6 is 0 Å². The fourth-order valence-electron chi connectivity index (χ4n) is 2.59. The number of hydrogen-bond acceptors (Lipinski definition) is 5. The fourth-order valence-corrected chi connectivity index (χ4v) is 4.08. The third kappa shape index (κ3) is 6.36. The van der Waals surface area contributed by atoms with Crippen LogP contribution in [0.2, 0.25) is 0 Å². The number of nitrogens with one attached hydrogen (secondary N) is 1. The predicted octanol–water partition coefficient (Wildman–Crippen LogP) is 3.63. The summed E-state index contributed by atoms with van der Waals surface area (Å²) in [6, 6.07) is 10.4. The molecular weight excluding hydrogens is 425 g/mol. The zero-order chi connectivity index (χ0) is 22.4. The molecule has 0 fully saturated rings. The lowest BCUT2D eigenvalue weighted by molar-refractivity contribution is -0.274. The second kappa shape index (κ2) is 9.81. The van der Waals surface area contributed by atoms with E-state index in [1.54, 1.807) is 31.2 Å². The summed E-state index contributed by atoms with van der Waals surface area (Å²) in [6.07, 6.45) is -4.46. The topological polar surface area (TPSA) is 84.9 Å². The van der Waals surface area contributed by atoms with Crippen LogP contribution in [0.4, 0.5) is 18.9 Å². The highest BCUT2D eigenvalue weighted by atomic mass is 32.2. The van der Waals surface area contributed by atoms with Gasteiger partial charge in [0.05, 0.1) is 24.2 Å². The van der Waals surface area contributed by atoms with Crippen molar-refractivity contribution in [1.82, 2.24) is 4.31 Å². The van der Waals surface area contributed by atoms with Crippen LogP contribution in [-0.2, 0) is 14.8 Å². The van der Waals surface area contributed by atoms with Gasteiger partial charge in [-0.25, -0.2) is 8.42 Å². The summed E-state index contributed by atoms with van der Waals surface area (Å²) < 4.78 is 72.5. The molecule has 0 bridgehead atoms. The normalized spacial score (nSPS) is 11.9. The van der Waals surface area contributed by atoms with Crippen molar-refractivity contribution in [1.29, 1.82) is 0 Å². The van der Waals surface area contributed by atoms with Gasteiger partial charge in [-0.15, -0.1) is 13.2 Å². The Morgan fingerprint density at radius 3 is 2.30 bits per heavy atom. The summed E-state index contributed by atoms with van der Waals surface area (Å²) in [5.41, 5.74) is 0.382. The van der Waals surface area contributed by atoms with E-state index in [1.807, 2.05) is 0 Å². The number of carbonyl (C=O) groups is 1. The van der Waals surface area contributed by atoms with E-state index in [-0.39, 0.29) is 11.4 Å². The minimum atomic E-state index is -4.88. The lowest BCUT2D eigenvalue weighted by Crippen LogP contribution is -2.38. The van der Waals surface area contributed by atoms with Gasteiger partial charge in [0.2, 0.25) is 15.9 Å². The third-order valence-electron chi connectivity index (χ3n) is 3.87. The van der Waals surface area contributed by atoms with Crippen molar-refractivity contribution >= 4 is 21.6 Å². The van der Waals surface area contributed by atoms with Crippen molar-refractivity contribution in [3.63, 3.8) is 0 Å². The minimum Gasteiger partial charge on any atom is -0.495 e. The van der Waals surface area contributed by atoms with E-state index in [1.165, 1.54) is 7.11 Å². The quantitative estimate of drug-likeness (QED) is 0.636. The van der Waals surface area contributed by atoms with Crippen LogP contribution in [0.25, 0.3) is 0 Å². The van der Waals surface area contributed by atoms with Crippen LogP contribution in [0.15, 0.2) is 53.4 Å². The summed E-state index contributed by atoms with van der Waals surface area (Å²) in [7, 11) is -2.69. The molecule has 0 heterocycles. The summed E-state index contributed by atoms with van der Waals surface area (Å²) in [5, 5.41) is 2.59. The number of ether oxygens (including phenoxy) is 2. The van der Waals surface area contributed by atoms with E-state index in [2.05, 4.69) is 10.1 Å². The van der Waals surface area contributed by atoms with Gasteiger partial charge < -0.3 is 14.8 Å². The lowest BCUT2D eigenvalue weighted by atomic mass is 10.3. The fraction of sp³-hybridized carbons (Fsp3) is 0.316. The Hall–Kier alpha value is -2.79. The van der Waals surface area contributed by atoms with Crippen LogP contribution in [0.1, 0.15) is 13.3 Å². The lowest BCUT2D eigenvalue weighted by Gasteiger charge is -2.21. The average Bonchev–Trinajstić information content (AvgIpc) is 2.67. The molecule has 7 nitrogen and oxygen atoms in total. The Morgan fingerprint density at radius 1 is 1.10 bits per heavy atom. The largest absolute Gasteiger partial charge is 0.573 e. The molecule has 30 heavy (non-hydrogen) atoms. The highest BCUT2D eigenvalue weighted by molar-refractivity contribution is 7.89. The maximum atomic E-state index is 12.9. The summed E-state index contributed by atoms with van der Waals surface area (Å²) in [5.74, 6) is -0.720. The molecule has 2 aromatic carbocycles. The van der Waals surface area contributed by atoms with Gasteiger partial charge in [0.25, 0.3) is 0 Å². The second-order valence-electron chi connectivity index (χ2n) is 6.11. The highest BCUT2D eigenvalue weighted by Gasteiger charge is 2.31. The van der Waals surface area contributed by atoms with Crippen LogP contribution in [-0.4, -0.2) is 45.2 Å². The smallest absolute Gasteiger partial charge is 0.495 e. The van der Waals surface area contributed by atoms with Crippen LogP contribution in [0, 0.1) is 0 Å². The minimum absolute atomic E-state index is 0.0441. The summed E-state index contributed by atoms with van der Waals surface area (Å²) in [6.45, 7) is 1.30. The molecule has 0 aliphatic carbocycles. The van der Waals surface area contributed by atoms with E-state index < -0.39 is 34.6 Å². The van der Waals surface area contributed by atoms with Crippen LogP contribution in [0.5, 0.6) is 11.5 Å². The molecule has 0 spiro atoms. The predicted molar refractivity (Wildman–Crippen MR) is 104 cm³/mol. The molecule has 1 amide bonds. The molecule has 0 aliphatic heterocycles. The van der Waals surface area contributed by atoms with Gasteiger partial charge >= 0.3 is 6.36 Å². The molecule has 0 unspecified atom stereocenters. The standard InChI is InChI=1S/C19H21F3N2O5S/c1-3-12-24(13-18(25)23-16-6-4-5-7-17(16)28-2)30(26,27)15-10-8-14(9-11-15)29-19(20,21)22/h4-11H,3,12-13H2,1-2H3,(H,23,25). The van der Waals surface area contributed by atoms with Gasteiger partial charge in [0.15, 0.2) is 0 Å². The zero-order valence-electron chi connectivity index (χ0n) is 16.3. The number of alkyl halides is 3. The number of benzene rings is 2. The average molecular weight is 446 g/mol. The Balaban J connectivity index is 2.18. The molecule has 0 aromatic heterocycles. The number of para-hydroxylation sites is 2. The van der Waals surface area contributed by atoms with E-state index >= 15 is 0 Å². The maximum absolute atomic E-state index is 12.9. The number of nitrogens with zero attached hydrogens (tertiary/aromatic N) is 1. The number of amides is 1. The van der Waals surface area contributed by atoms with Gasteiger partial charge in [-0.05, 0) is 42.8 Å². The monoisotopic (exact) mass is 446 g/mol. The Labute approximate surface area is 172 Å². The first kappa shape index (κ1) is 23.5. The Bertz CT molecular complexity index is 963. The van der Waals surface area contributed by atoms with Crippen molar-refractivity contribution in [3.8, 4) is 11.5 Å². The number of sulfonamides is 1. The van der Waals surface area contributed by atoms with Gasteiger partial charge in [-0.3, -0.25) is 4.79 Å². The van der Waals surface area contributed by atoms with Crippen molar-refractivity contribution in [2.75, 3.05) is 25.5 Å². The highest BCUT2D eigenvalue weighted by Crippen LogP contribution is 2.26. The maximum Gasteiger partial charge on any atom is 0.573 e. The Kier molecular flexibility index (Phi) is 7.68. The molecular formula is C19H21F3N2O5S. The first-order chi connectivity index (χ1) is 14.1. The van der Waals surface area contributed by atoms with E-state index in [9.17, 15) is 26.4 Å². The molecule has 2 aromatic rings. The molecule has 0 radical (unpaired) electrons. The summed E-state index contributed by atoms with van der Waals surface area (Å²) in [4.78, 5) is 12.2. The van der Waals surface area contributed by atoms with Gasteiger partial charge in [-0.1, -0.05) is 19.1 Å². The Morgan fingerprint density at radius 2 is 1.73 bits per heavy atom. The molecule has 0 atom stereocenters. The molecule has 164 valence electrons. The van der Waals surface area contributed by atoms with Crippen molar-refractivity contribution in [3.05, 3.63) is 48.5 Å². The number of methoxy groups -OCH3 is 1. The molecule has 0 aliphatic rings. The van der Waals surface area contributed by atoms with E-state index in [0.717, 1.165) is 28.6 Å². The number of anilines is 1. The van der Waals surface area contributed by atoms with E-state index in [4.69, 9.17) is 4.74 Å². The number of halogens is 3. The summed E-state index contributed by atoms with van der Waals surface area (Å²) >= 11 is 0. The number of carbonyl (C=O) groups excluding carboxylic acids is 1. The first-order valence-electron chi connectivity index (χ1n) is 8.85. The molecule has 0 saturated heterocycles. The van der Waals surface area contributed by atoms with Crippen LogP contribution in [0.3, 0.4) is 0 Å². The van der Waals surface area contributed by atoms with Gasteiger partial charge in [-0.2, -0.15) is 4.31 Å².